The van der Waals surface area contributed by atoms with Crippen LogP contribution in [0.25, 0.3) is 0 Å². The van der Waals surface area contributed by atoms with Crippen LogP contribution in [0.15, 0.2) is 18.5 Å². The largest absolute Gasteiger partial charge is 0.376 e. The number of amides is 1. The minimum atomic E-state index is -0.188. The van der Waals surface area contributed by atoms with E-state index in [-0.39, 0.29) is 37.5 Å². The van der Waals surface area contributed by atoms with E-state index in [2.05, 4.69) is 45.7 Å². The molecule has 0 aromatic carbocycles. The molecule has 2 aromatic rings. The monoisotopic (exact) mass is 446 g/mol. The van der Waals surface area contributed by atoms with E-state index in [4.69, 9.17) is 4.74 Å². The lowest BCUT2D eigenvalue weighted by Crippen LogP contribution is -2.49. The number of anilines is 3. The molecule has 1 unspecified atom stereocenters. The lowest BCUT2D eigenvalue weighted by Gasteiger charge is -2.38. The maximum atomic E-state index is 12.5. The van der Waals surface area contributed by atoms with Crippen LogP contribution in [0.3, 0.4) is 0 Å². The van der Waals surface area contributed by atoms with Crippen molar-refractivity contribution in [1.82, 2.24) is 14.8 Å². The summed E-state index contributed by atoms with van der Waals surface area (Å²) in [5, 5.41) is 10.9. The van der Waals surface area contributed by atoms with Gasteiger partial charge < -0.3 is 20.3 Å². The topological polar surface area (TPSA) is 84.3 Å². The number of aryl methyl sites for hydroxylation is 1. The minimum Gasteiger partial charge on any atom is -0.376 e. The van der Waals surface area contributed by atoms with Gasteiger partial charge in [0, 0.05) is 38.0 Å². The van der Waals surface area contributed by atoms with Crippen LogP contribution in [0.2, 0.25) is 0 Å². The van der Waals surface area contributed by atoms with Crippen LogP contribution in [0.5, 0.6) is 0 Å². The Hall–Kier alpha value is -2.26. The van der Waals surface area contributed by atoms with E-state index in [9.17, 15) is 4.79 Å². The third-order valence-corrected chi connectivity index (χ3v) is 5.95. The van der Waals surface area contributed by atoms with Crippen molar-refractivity contribution >= 4 is 36.6 Å². The molecule has 0 aliphatic carbocycles. The quantitative estimate of drug-likeness (QED) is 0.708. The standard InChI is InChI=1S/C22H32N6O2.H2S/c1-14(2)21-22(29)26-20-15(3)25-19(9-18(20)27(21)4)23-10-16-11-24-28(12-16)13-17-7-5-6-8-30-17;/h9,11-12,14,17,21H,5-8,10,13H2,1-4H3,(H,23,25)(H,26,29);1H2/t17?,21-;/m0./s1. The number of hydrogen-bond donors (Lipinski definition) is 2. The van der Waals surface area contributed by atoms with Gasteiger partial charge in [0.25, 0.3) is 0 Å². The lowest BCUT2D eigenvalue weighted by molar-refractivity contribution is -0.118. The fourth-order valence-corrected chi connectivity index (χ4v) is 4.40. The average molecular weight is 447 g/mol. The number of pyridine rings is 1. The van der Waals surface area contributed by atoms with Gasteiger partial charge in [-0.3, -0.25) is 9.48 Å². The third-order valence-electron chi connectivity index (χ3n) is 5.95. The van der Waals surface area contributed by atoms with Crippen molar-refractivity contribution in [2.45, 2.75) is 65.3 Å². The second-order valence-corrected chi connectivity index (χ2v) is 8.69. The number of carbonyl (C=O) groups is 1. The predicted octanol–water partition coefficient (Wildman–Crippen LogP) is 3.29. The van der Waals surface area contributed by atoms with Crippen LogP contribution in [-0.4, -0.2) is 46.5 Å². The summed E-state index contributed by atoms with van der Waals surface area (Å²) in [5.41, 5.74) is 3.70. The molecular weight excluding hydrogens is 412 g/mol. The first-order valence-corrected chi connectivity index (χ1v) is 10.8. The zero-order valence-corrected chi connectivity index (χ0v) is 19.8. The lowest BCUT2D eigenvalue weighted by atomic mass is 9.98. The zero-order chi connectivity index (χ0) is 21.3. The Morgan fingerprint density at radius 1 is 1.35 bits per heavy atom. The van der Waals surface area contributed by atoms with Gasteiger partial charge in [-0.1, -0.05) is 13.8 Å². The fourth-order valence-electron chi connectivity index (χ4n) is 4.40. The molecule has 2 atom stereocenters. The molecule has 2 N–H and O–H groups in total. The van der Waals surface area contributed by atoms with Crippen molar-refractivity contribution in [2.24, 2.45) is 5.92 Å². The number of ether oxygens (including phenoxy) is 1. The number of carbonyl (C=O) groups excluding carboxylic acids is 1. The Bertz CT molecular complexity index is 909. The second-order valence-electron chi connectivity index (χ2n) is 8.69. The summed E-state index contributed by atoms with van der Waals surface area (Å²) in [6.07, 6.45) is 7.72. The first kappa shape index (κ1) is 23.4. The van der Waals surface area contributed by atoms with Crippen LogP contribution in [0, 0.1) is 12.8 Å². The molecule has 2 aliphatic heterocycles. The molecule has 1 amide bonds. The number of rotatable bonds is 6. The maximum absolute atomic E-state index is 12.5. The third kappa shape index (κ3) is 5.15. The first-order chi connectivity index (χ1) is 14.4. The van der Waals surface area contributed by atoms with Gasteiger partial charge in [0.2, 0.25) is 5.91 Å². The van der Waals surface area contributed by atoms with Crippen molar-refractivity contribution < 1.29 is 9.53 Å². The fraction of sp³-hybridized carbons (Fsp3) is 0.591. The molecule has 170 valence electrons. The highest BCUT2D eigenvalue weighted by Gasteiger charge is 2.34. The highest BCUT2D eigenvalue weighted by Crippen LogP contribution is 2.36. The minimum absolute atomic E-state index is 0. The van der Waals surface area contributed by atoms with Gasteiger partial charge in [-0.15, -0.1) is 0 Å². The number of hydrogen-bond acceptors (Lipinski definition) is 6. The summed E-state index contributed by atoms with van der Waals surface area (Å²) in [6.45, 7) is 8.36. The number of nitrogens with zero attached hydrogens (tertiary/aromatic N) is 4. The SMILES string of the molecule is Cc1nc(NCc2cnn(CC3CCCCO3)c2)cc2c1NC(=O)[C@H](C(C)C)N2C.S. The molecule has 4 rings (SSSR count). The number of nitrogens with one attached hydrogen (secondary N) is 2. The van der Waals surface area contributed by atoms with E-state index in [1.807, 2.05) is 30.9 Å². The van der Waals surface area contributed by atoms with Gasteiger partial charge in [0.1, 0.15) is 11.9 Å². The van der Waals surface area contributed by atoms with Gasteiger partial charge in [-0.2, -0.15) is 18.6 Å². The first-order valence-electron chi connectivity index (χ1n) is 10.8. The molecule has 8 nitrogen and oxygen atoms in total. The summed E-state index contributed by atoms with van der Waals surface area (Å²) in [6, 6.07) is 1.82. The van der Waals surface area contributed by atoms with Crippen molar-refractivity contribution in [2.75, 3.05) is 29.2 Å². The van der Waals surface area contributed by atoms with Crippen LogP contribution in [0.1, 0.15) is 44.4 Å². The normalized spacial score (nSPS) is 20.8. The highest BCUT2D eigenvalue weighted by atomic mass is 32.1. The van der Waals surface area contributed by atoms with Crippen molar-refractivity contribution in [3.8, 4) is 0 Å². The van der Waals surface area contributed by atoms with Gasteiger partial charge >= 0.3 is 0 Å². The van der Waals surface area contributed by atoms with Gasteiger partial charge in [-0.25, -0.2) is 4.98 Å². The molecular formula is C22H34N6O2S. The summed E-state index contributed by atoms with van der Waals surface area (Å²) >= 11 is 0. The highest BCUT2D eigenvalue weighted by molar-refractivity contribution is 7.59. The van der Waals surface area contributed by atoms with Gasteiger partial charge in [-0.05, 0) is 32.1 Å². The van der Waals surface area contributed by atoms with E-state index in [0.29, 0.717) is 6.54 Å². The van der Waals surface area contributed by atoms with Crippen molar-refractivity contribution in [3.63, 3.8) is 0 Å². The van der Waals surface area contributed by atoms with E-state index in [1.165, 1.54) is 6.42 Å². The van der Waals surface area contributed by atoms with Gasteiger partial charge in [0.05, 0.1) is 35.9 Å². The Morgan fingerprint density at radius 3 is 2.87 bits per heavy atom. The van der Waals surface area contributed by atoms with Gasteiger partial charge in [0.15, 0.2) is 0 Å². The van der Waals surface area contributed by atoms with Crippen molar-refractivity contribution in [3.05, 3.63) is 29.7 Å². The number of fused-ring (bicyclic) bond motifs is 1. The van der Waals surface area contributed by atoms with E-state index in [0.717, 1.165) is 54.4 Å². The molecule has 0 radical (unpaired) electrons. The summed E-state index contributed by atoms with van der Waals surface area (Å²) in [5.74, 6) is 1.03. The molecule has 31 heavy (non-hydrogen) atoms. The number of likely N-dealkylation sites (N-methyl/N-ethyl adjacent to an activating group) is 1. The Labute approximate surface area is 191 Å². The second kappa shape index (κ2) is 9.91. The van der Waals surface area contributed by atoms with E-state index in [1.54, 1.807) is 0 Å². The number of aromatic nitrogens is 3. The van der Waals surface area contributed by atoms with Crippen LogP contribution in [-0.2, 0) is 22.6 Å². The summed E-state index contributed by atoms with van der Waals surface area (Å²) in [4.78, 5) is 19.2. The Morgan fingerprint density at radius 2 is 2.16 bits per heavy atom. The van der Waals surface area contributed by atoms with E-state index < -0.39 is 0 Å². The van der Waals surface area contributed by atoms with Crippen LogP contribution >= 0.6 is 13.5 Å². The molecule has 9 heteroatoms. The molecule has 4 heterocycles. The predicted molar refractivity (Wildman–Crippen MR) is 128 cm³/mol. The Kier molecular flexibility index (Phi) is 7.48. The molecule has 0 bridgehead atoms. The molecule has 2 aliphatic rings. The summed E-state index contributed by atoms with van der Waals surface area (Å²) < 4.78 is 7.78. The molecule has 0 spiro atoms. The van der Waals surface area contributed by atoms with Crippen LogP contribution in [0.4, 0.5) is 17.2 Å². The summed E-state index contributed by atoms with van der Waals surface area (Å²) in [7, 11) is 1.98. The maximum Gasteiger partial charge on any atom is 0.247 e. The molecule has 2 aromatic heterocycles. The Balaban J connectivity index is 0.00000272. The zero-order valence-electron chi connectivity index (χ0n) is 18.8. The molecule has 1 saturated heterocycles. The molecule has 1 fully saturated rings. The van der Waals surface area contributed by atoms with E-state index >= 15 is 0 Å². The smallest absolute Gasteiger partial charge is 0.247 e. The average Bonchev–Trinajstić information content (AvgIpc) is 3.15. The molecule has 0 saturated carbocycles. The van der Waals surface area contributed by atoms with Crippen LogP contribution < -0.4 is 15.5 Å². The van der Waals surface area contributed by atoms with Crippen molar-refractivity contribution in [1.29, 1.82) is 0 Å².